The van der Waals surface area contributed by atoms with Gasteiger partial charge in [-0.2, -0.15) is 0 Å². The highest BCUT2D eigenvalue weighted by molar-refractivity contribution is 5.75. The molecule has 0 aliphatic carbocycles. The van der Waals surface area contributed by atoms with Crippen molar-refractivity contribution in [3.8, 4) is 17.6 Å². The fourth-order valence-corrected chi connectivity index (χ4v) is 1.45. The minimum absolute atomic E-state index is 0.0474. The van der Waals surface area contributed by atoms with Crippen LogP contribution in [0.5, 0.6) is 5.75 Å². The first-order valence-corrected chi connectivity index (χ1v) is 6.27. The van der Waals surface area contributed by atoms with Crippen LogP contribution < -0.4 is 10.1 Å². The highest BCUT2D eigenvalue weighted by Crippen LogP contribution is 2.10. The van der Waals surface area contributed by atoms with Crippen molar-refractivity contribution in [2.45, 2.75) is 19.3 Å². The van der Waals surface area contributed by atoms with Crippen molar-refractivity contribution in [3.63, 3.8) is 0 Å². The van der Waals surface area contributed by atoms with Gasteiger partial charge >= 0.3 is 0 Å². The van der Waals surface area contributed by atoms with Crippen LogP contribution in [0, 0.1) is 11.8 Å². The maximum atomic E-state index is 11.3. The SMILES string of the molecule is C=CCNC(=O)CCCC#Cc1ccc(OC)cc1. The molecule has 0 radical (unpaired) electrons. The number of nitrogens with one attached hydrogen (secondary N) is 1. The van der Waals surface area contributed by atoms with Gasteiger partial charge in [0.2, 0.25) is 5.91 Å². The Morgan fingerprint density at radius 2 is 2.16 bits per heavy atom. The number of carbonyl (C=O) groups is 1. The minimum atomic E-state index is 0.0474. The van der Waals surface area contributed by atoms with E-state index in [-0.39, 0.29) is 5.91 Å². The third-order valence-corrected chi connectivity index (χ3v) is 2.47. The van der Waals surface area contributed by atoms with Crippen LogP contribution in [0.1, 0.15) is 24.8 Å². The predicted molar refractivity (Wildman–Crippen MR) is 76.9 cm³/mol. The lowest BCUT2D eigenvalue weighted by atomic mass is 10.2. The summed E-state index contributed by atoms with van der Waals surface area (Å²) >= 11 is 0. The molecule has 0 aliphatic rings. The zero-order valence-corrected chi connectivity index (χ0v) is 11.2. The molecule has 0 unspecified atom stereocenters. The van der Waals surface area contributed by atoms with E-state index in [0.29, 0.717) is 19.4 Å². The Morgan fingerprint density at radius 3 is 2.79 bits per heavy atom. The number of hydrogen-bond donors (Lipinski definition) is 1. The van der Waals surface area contributed by atoms with Crippen LogP contribution in [0.4, 0.5) is 0 Å². The molecule has 1 N–H and O–H groups in total. The summed E-state index contributed by atoms with van der Waals surface area (Å²) in [7, 11) is 1.64. The summed E-state index contributed by atoms with van der Waals surface area (Å²) in [5.41, 5.74) is 0.955. The standard InChI is InChI=1S/C16H19NO2/c1-3-13-17-16(18)8-6-4-5-7-14-9-11-15(19-2)12-10-14/h3,9-12H,1,4,6,8,13H2,2H3,(H,17,18). The third kappa shape index (κ3) is 6.32. The molecule has 0 atom stereocenters. The Bertz CT molecular complexity index is 466. The van der Waals surface area contributed by atoms with E-state index in [1.165, 1.54) is 0 Å². The number of hydrogen-bond acceptors (Lipinski definition) is 2. The Morgan fingerprint density at radius 1 is 1.42 bits per heavy atom. The highest BCUT2D eigenvalue weighted by Gasteiger charge is 1.97. The molecule has 19 heavy (non-hydrogen) atoms. The van der Waals surface area contributed by atoms with Gasteiger partial charge in [-0.25, -0.2) is 0 Å². The van der Waals surface area contributed by atoms with Crippen molar-refractivity contribution in [1.82, 2.24) is 5.32 Å². The van der Waals surface area contributed by atoms with E-state index < -0.39 is 0 Å². The van der Waals surface area contributed by atoms with E-state index in [2.05, 4.69) is 23.7 Å². The first-order chi connectivity index (χ1) is 9.26. The molecule has 3 heteroatoms. The van der Waals surface area contributed by atoms with Crippen LogP contribution >= 0.6 is 0 Å². The second-order valence-electron chi connectivity index (χ2n) is 3.98. The normalized spacial score (nSPS) is 9.11. The monoisotopic (exact) mass is 257 g/mol. The number of methoxy groups -OCH3 is 1. The lowest BCUT2D eigenvalue weighted by Crippen LogP contribution is -2.22. The van der Waals surface area contributed by atoms with Gasteiger partial charge in [-0.05, 0) is 30.7 Å². The zero-order chi connectivity index (χ0) is 13.9. The fraction of sp³-hybridized carbons (Fsp3) is 0.312. The molecule has 1 aromatic rings. The van der Waals surface area contributed by atoms with Crippen LogP contribution in [0.25, 0.3) is 0 Å². The lowest BCUT2D eigenvalue weighted by Gasteiger charge is -1.99. The Labute approximate surface area is 114 Å². The molecule has 0 spiro atoms. The summed E-state index contributed by atoms with van der Waals surface area (Å²) in [6, 6.07) is 7.60. The first-order valence-electron chi connectivity index (χ1n) is 6.27. The van der Waals surface area contributed by atoms with Crippen molar-refractivity contribution >= 4 is 5.91 Å². The quantitative estimate of drug-likeness (QED) is 0.483. The Balaban J connectivity index is 2.27. The predicted octanol–water partition coefficient (Wildman–Crippen LogP) is 2.52. The number of ether oxygens (including phenoxy) is 1. The van der Waals surface area contributed by atoms with E-state index in [1.54, 1.807) is 13.2 Å². The molecule has 3 nitrogen and oxygen atoms in total. The number of amides is 1. The van der Waals surface area contributed by atoms with Gasteiger partial charge in [-0.3, -0.25) is 4.79 Å². The number of benzene rings is 1. The molecule has 0 heterocycles. The average molecular weight is 257 g/mol. The molecule has 0 saturated carbocycles. The summed E-state index contributed by atoms with van der Waals surface area (Å²) in [6.45, 7) is 4.07. The van der Waals surface area contributed by atoms with Crippen molar-refractivity contribution in [2.75, 3.05) is 13.7 Å². The van der Waals surface area contributed by atoms with Gasteiger partial charge in [-0.15, -0.1) is 6.58 Å². The number of rotatable bonds is 6. The summed E-state index contributed by atoms with van der Waals surface area (Å²) in [6.07, 6.45) is 3.66. The average Bonchev–Trinajstić information content (AvgIpc) is 2.45. The van der Waals surface area contributed by atoms with Crippen molar-refractivity contribution in [1.29, 1.82) is 0 Å². The molecule has 1 rings (SSSR count). The summed E-state index contributed by atoms with van der Waals surface area (Å²) in [5, 5.41) is 2.73. The Hall–Kier alpha value is -2.21. The van der Waals surface area contributed by atoms with E-state index in [1.807, 2.05) is 24.3 Å². The van der Waals surface area contributed by atoms with Gasteiger partial charge < -0.3 is 10.1 Å². The van der Waals surface area contributed by atoms with Crippen LogP contribution in [-0.2, 0) is 4.79 Å². The molecule has 0 aliphatic heterocycles. The molecule has 1 aromatic carbocycles. The summed E-state index contributed by atoms with van der Waals surface area (Å²) in [4.78, 5) is 11.3. The third-order valence-electron chi connectivity index (χ3n) is 2.47. The number of carbonyl (C=O) groups excluding carboxylic acids is 1. The van der Waals surface area contributed by atoms with E-state index >= 15 is 0 Å². The fourth-order valence-electron chi connectivity index (χ4n) is 1.45. The Kier molecular flexibility index (Phi) is 6.89. The lowest BCUT2D eigenvalue weighted by molar-refractivity contribution is -0.120. The number of unbranched alkanes of at least 4 members (excludes halogenated alkanes) is 1. The van der Waals surface area contributed by atoms with Crippen LogP contribution in [0.2, 0.25) is 0 Å². The van der Waals surface area contributed by atoms with E-state index in [4.69, 9.17) is 4.74 Å². The smallest absolute Gasteiger partial charge is 0.220 e. The second kappa shape index (κ2) is 8.82. The summed E-state index contributed by atoms with van der Waals surface area (Å²) < 4.78 is 5.07. The maximum absolute atomic E-state index is 11.3. The molecular formula is C16H19NO2. The van der Waals surface area contributed by atoms with Crippen molar-refractivity contribution < 1.29 is 9.53 Å². The second-order valence-corrected chi connectivity index (χ2v) is 3.98. The molecular weight excluding hydrogens is 238 g/mol. The van der Waals surface area contributed by atoms with Crippen LogP contribution in [-0.4, -0.2) is 19.6 Å². The molecule has 100 valence electrons. The maximum Gasteiger partial charge on any atom is 0.220 e. The van der Waals surface area contributed by atoms with Gasteiger partial charge in [0, 0.05) is 24.9 Å². The molecule has 0 aromatic heterocycles. The zero-order valence-electron chi connectivity index (χ0n) is 11.2. The molecule has 0 saturated heterocycles. The van der Waals surface area contributed by atoms with E-state index in [0.717, 1.165) is 17.7 Å². The van der Waals surface area contributed by atoms with Crippen molar-refractivity contribution in [2.24, 2.45) is 0 Å². The first kappa shape index (κ1) is 14.8. The summed E-state index contributed by atoms with van der Waals surface area (Å²) in [5.74, 6) is 6.99. The van der Waals surface area contributed by atoms with Crippen LogP contribution in [0.3, 0.4) is 0 Å². The molecule has 0 bridgehead atoms. The minimum Gasteiger partial charge on any atom is -0.497 e. The van der Waals surface area contributed by atoms with Gasteiger partial charge in [0.25, 0.3) is 0 Å². The van der Waals surface area contributed by atoms with E-state index in [9.17, 15) is 4.79 Å². The van der Waals surface area contributed by atoms with Crippen LogP contribution in [0.15, 0.2) is 36.9 Å². The van der Waals surface area contributed by atoms with Gasteiger partial charge in [0.15, 0.2) is 0 Å². The topological polar surface area (TPSA) is 38.3 Å². The molecule has 0 fully saturated rings. The van der Waals surface area contributed by atoms with Gasteiger partial charge in [0.1, 0.15) is 5.75 Å². The highest BCUT2D eigenvalue weighted by atomic mass is 16.5. The van der Waals surface area contributed by atoms with Gasteiger partial charge in [-0.1, -0.05) is 17.9 Å². The largest absolute Gasteiger partial charge is 0.497 e. The van der Waals surface area contributed by atoms with Crippen molar-refractivity contribution in [3.05, 3.63) is 42.5 Å². The molecule has 1 amide bonds. The van der Waals surface area contributed by atoms with Gasteiger partial charge in [0.05, 0.1) is 7.11 Å².